The standard InChI is InChI=1S/C20H36/c1-19-13-7-3-2-5-9-15-20(17-11-12-18-20)16-10-6-4-8-14-19/h1-18H2. The fourth-order valence-electron chi connectivity index (χ4n) is 4.51. The largest absolute Gasteiger partial charge is 0.0999 e. The van der Waals surface area contributed by atoms with E-state index >= 15 is 0 Å². The fourth-order valence-corrected chi connectivity index (χ4v) is 4.51. The summed E-state index contributed by atoms with van der Waals surface area (Å²) in [6, 6.07) is 0. The summed E-state index contributed by atoms with van der Waals surface area (Å²) in [7, 11) is 0. The first kappa shape index (κ1) is 16.1. The average Bonchev–Trinajstić information content (AvgIpc) is 2.89. The SMILES string of the molecule is C=C1CCCCCCCC2(CCCCCC1)CCCC2. The summed E-state index contributed by atoms with van der Waals surface area (Å²) < 4.78 is 0. The molecule has 0 aromatic carbocycles. The fraction of sp³-hybridized carbons (Fsp3) is 0.900. The van der Waals surface area contributed by atoms with Crippen LogP contribution >= 0.6 is 0 Å². The Kier molecular flexibility index (Phi) is 7.17. The molecule has 0 saturated heterocycles. The van der Waals surface area contributed by atoms with E-state index in [1.165, 1.54) is 95.5 Å². The van der Waals surface area contributed by atoms with Gasteiger partial charge in [0.2, 0.25) is 0 Å². The highest BCUT2D eigenvalue weighted by Crippen LogP contribution is 2.46. The molecule has 0 N–H and O–H groups in total. The zero-order chi connectivity index (χ0) is 14.1. The molecule has 0 heterocycles. The van der Waals surface area contributed by atoms with Crippen LogP contribution in [-0.2, 0) is 0 Å². The first-order valence-corrected chi connectivity index (χ1v) is 9.47. The van der Waals surface area contributed by atoms with E-state index in [0.717, 1.165) is 5.41 Å². The Morgan fingerprint density at radius 1 is 0.500 bits per heavy atom. The summed E-state index contributed by atoms with van der Waals surface area (Å²) in [6.07, 6.45) is 24.9. The summed E-state index contributed by atoms with van der Waals surface area (Å²) in [5.41, 5.74) is 2.30. The Labute approximate surface area is 127 Å². The van der Waals surface area contributed by atoms with Crippen LogP contribution in [0.2, 0.25) is 0 Å². The molecular formula is C20H36. The van der Waals surface area contributed by atoms with Gasteiger partial charge in [0.05, 0.1) is 0 Å². The number of hydrogen-bond donors (Lipinski definition) is 0. The van der Waals surface area contributed by atoms with Crippen molar-refractivity contribution in [2.75, 3.05) is 0 Å². The van der Waals surface area contributed by atoms with Crippen LogP contribution in [0, 0.1) is 5.41 Å². The lowest BCUT2D eigenvalue weighted by Crippen LogP contribution is -2.16. The lowest BCUT2D eigenvalue weighted by Gasteiger charge is -2.29. The maximum atomic E-state index is 4.26. The molecule has 0 heteroatoms. The summed E-state index contributed by atoms with van der Waals surface area (Å²) >= 11 is 0. The van der Waals surface area contributed by atoms with Gasteiger partial charge in [-0.1, -0.05) is 69.9 Å². The van der Waals surface area contributed by atoms with Gasteiger partial charge in [-0.2, -0.15) is 0 Å². The molecule has 2 aliphatic rings. The van der Waals surface area contributed by atoms with Crippen molar-refractivity contribution >= 4 is 0 Å². The van der Waals surface area contributed by atoms with Crippen molar-refractivity contribution in [1.29, 1.82) is 0 Å². The third-order valence-corrected chi connectivity index (χ3v) is 5.89. The zero-order valence-corrected chi connectivity index (χ0v) is 13.7. The molecule has 116 valence electrons. The second-order valence-electron chi connectivity index (χ2n) is 7.64. The minimum absolute atomic E-state index is 0.782. The van der Waals surface area contributed by atoms with Crippen LogP contribution in [-0.4, -0.2) is 0 Å². The summed E-state index contributed by atoms with van der Waals surface area (Å²) in [5, 5.41) is 0. The first-order valence-electron chi connectivity index (χ1n) is 9.47. The smallest absolute Gasteiger partial charge is 0.0297 e. The molecule has 2 aliphatic carbocycles. The molecule has 0 nitrogen and oxygen atoms in total. The molecule has 0 aliphatic heterocycles. The van der Waals surface area contributed by atoms with Gasteiger partial charge in [-0.15, -0.1) is 0 Å². The number of rotatable bonds is 0. The predicted molar refractivity (Wildman–Crippen MR) is 90.1 cm³/mol. The highest BCUT2D eigenvalue weighted by Gasteiger charge is 2.32. The van der Waals surface area contributed by atoms with E-state index in [2.05, 4.69) is 6.58 Å². The molecule has 0 radical (unpaired) electrons. The molecular weight excluding hydrogens is 240 g/mol. The number of hydrogen-bond acceptors (Lipinski definition) is 0. The Bertz CT molecular complexity index is 270. The van der Waals surface area contributed by atoms with Crippen molar-refractivity contribution in [3.8, 4) is 0 Å². The van der Waals surface area contributed by atoms with E-state index in [1.807, 2.05) is 0 Å². The van der Waals surface area contributed by atoms with Gasteiger partial charge in [0.15, 0.2) is 0 Å². The molecule has 2 rings (SSSR count). The lowest BCUT2D eigenvalue weighted by molar-refractivity contribution is 0.229. The summed E-state index contributed by atoms with van der Waals surface area (Å²) in [6.45, 7) is 4.26. The van der Waals surface area contributed by atoms with Crippen LogP contribution in [0.25, 0.3) is 0 Å². The highest BCUT2D eigenvalue weighted by atomic mass is 14.4. The van der Waals surface area contributed by atoms with E-state index in [0.29, 0.717) is 0 Å². The van der Waals surface area contributed by atoms with E-state index in [9.17, 15) is 0 Å². The monoisotopic (exact) mass is 276 g/mol. The molecule has 0 bridgehead atoms. The van der Waals surface area contributed by atoms with Gasteiger partial charge >= 0.3 is 0 Å². The van der Waals surface area contributed by atoms with Gasteiger partial charge in [0, 0.05) is 0 Å². The highest BCUT2D eigenvalue weighted by molar-refractivity contribution is 4.93. The Morgan fingerprint density at radius 3 is 1.35 bits per heavy atom. The van der Waals surface area contributed by atoms with Crippen LogP contribution in [0.5, 0.6) is 0 Å². The molecule has 0 atom stereocenters. The van der Waals surface area contributed by atoms with Gasteiger partial charge in [-0.25, -0.2) is 0 Å². The Morgan fingerprint density at radius 2 is 0.850 bits per heavy atom. The minimum Gasteiger partial charge on any atom is -0.0999 e. The predicted octanol–water partition coefficient (Wildman–Crippen LogP) is 7.19. The van der Waals surface area contributed by atoms with Crippen molar-refractivity contribution in [2.45, 2.75) is 109 Å². The topological polar surface area (TPSA) is 0 Å². The number of allylic oxidation sites excluding steroid dienone is 1. The quantitative estimate of drug-likeness (QED) is 0.411. The maximum Gasteiger partial charge on any atom is -0.0297 e. The summed E-state index contributed by atoms with van der Waals surface area (Å²) in [5.74, 6) is 0. The van der Waals surface area contributed by atoms with Crippen LogP contribution in [0.4, 0.5) is 0 Å². The Hall–Kier alpha value is -0.260. The van der Waals surface area contributed by atoms with Gasteiger partial charge in [0.1, 0.15) is 0 Å². The van der Waals surface area contributed by atoms with Crippen LogP contribution in [0.1, 0.15) is 109 Å². The molecule has 0 unspecified atom stereocenters. The Balaban J connectivity index is 1.78. The van der Waals surface area contributed by atoms with Crippen molar-refractivity contribution < 1.29 is 0 Å². The normalized spacial score (nSPS) is 27.1. The maximum absolute atomic E-state index is 4.26. The molecule has 2 saturated carbocycles. The van der Waals surface area contributed by atoms with Crippen LogP contribution in [0.15, 0.2) is 12.2 Å². The van der Waals surface area contributed by atoms with Crippen molar-refractivity contribution in [3.63, 3.8) is 0 Å². The van der Waals surface area contributed by atoms with Gasteiger partial charge in [0.25, 0.3) is 0 Å². The molecule has 1 spiro atoms. The molecule has 0 aromatic rings. The second kappa shape index (κ2) is 8.90. The van der Waals surface area contributed by atoms with Crippen molar-refractivity contribution in [2.24, 2.45) is 5.41 Å². The molecule has 20 heavy (non-hydrogen) atoms. The van der Waals surface area contributed by atoms with Crippen molar-refractivity contribution in [1.82, 2.24) is 0 Å². The van der Waals surface area contributed by atoms with Gasteiger partial charge < -0.3 is 0 Å². The first-order chi connectivity index (χ1) is 9.81. The van der Waals surface area contributed by atoms with E-state index in [4.69, 9.17) is 0 Å². The van der Waals surface area contributed by atoms with Crippen LogP contribution in [0.3, 0.4) is 0 Å². The minimum atomic E-state index is 0.782. The lowest BCUT2D eigenvalue weighted by atomic mass is 9.76. The molecule has 0 aromatic heterocycles. The average molecular weight is 277 g/mol. The van der Waals surface area contributed by atoms with Crippen LogP contribution < -0.4 is 0 Å². The van der Waals surface area contributed by atoms with Gasteiger partial charge in [-0.3, -0.25) is 0 Å². The third-order valence-electron chi connectivity index (χ3n) is 5.89. The molecule has 2 fully saturated rings. The molecule has 0 amide bonds. The van der Waals surface area contributed by atoms with E-state index < -0.39 is 0 Å². The summed E-state index contributed by atoms with van der Waals surface area (Å²) in [4.78, 5) is 0. The van der Waals surface area contributed by atoms with E-state index in [-0.39, 0.29) is 0 Å². The third kappa shape index (κ3) is 5.62. The van der Waals surface area contributed by atoms with Gasteiger partial charge in [-0.05, 0) is 56.8 Å². The second-order valence-corrected chi connectivity index (χ2v) is 7.64. The zero-order valence-electron chi connectivity index (χ0n) is 13.7. The van der Waals surface area contributed by atoms with E-state index in [1.54, 1.807) is 19.3 Å². The van der Waals surface area contributed by atoms with Crippen molar-refractivity contribution in [3.05, 3.63) is 12.2 Å².